The van der Waals surface area contributed by atoms with Crippen LogP contribution in [0.25, 0.3) is 0 Å². The van der Waals surface area contributed by atoms with E-state index in [-0.39, 0.29) is 31.1 Å². The molecule has 0 aliphatic carbocycles. The van der Waals surface area contributed by atoms with E-state index in [1.165, 1.54) is 135 Å². The quantitative estimate of drug-likeness (QED) is 0.0367. The molecule has 0 radical (unpaired) electrons. The van der Waals surface area contributed by atoms with Crippen LogP contribution in [-0.4, -0.2) is 37.2 Å². The van der Waals surface area contributed by atoms with Crippen molar-refractivity contribution in [3.05, 3.63) is 0 Å². The molecule has 0 saturated carbocycles. The Morgan fingerprint density at radius 3 is 0.833 bits per heavy atom. The van der Waals surface area contributed by atoms with Gasteiger partial charge in [-0.1, -0.05) is 194 Å². The lowest BCUT2D eigenvalue weighted by Crippen LogP contribution is -2.30. The van der Waals surface area contributed by atoms with Crippen molar-refractivity contribution in [1.82, 2.24) is 0 Å². The molecular weight excluding hydrogens is 600 g/mol. The van der Waals surface area contributed by atoms with Gasteiger partial charge in [0.25, 0.3) is 0 Å². The molecule has 0 saturated heterocycles. The summed E-state index contributed by atoms with van der Waals surface area (Å²) in [7, 11) is 0. The molecule has 0 rings (SSSR count). The third kappa shape index (κ3) is 35.7. The first kappa shape index (κ1) is 46.4. The minimum Gasteiger partial charge on any atom is -0.462 e. The first-order valence-corrected chi connectivity index (χ1v) is 21.0. The Bertz CT molecular complexity index is 708. The van der Waals surface area contributed by atoms with Gasteiger partial charge in [0.05, 0.1) is 0 Å². The molecule has 48 heavy (non-hydrogen) atoms. The largest absolute Gasteiger partial charge is 0.462 e. The minimum atomic E-state index is -0.756. The van der Waals surface area contributed by atoms with Crippen LogP contribution in [0.4, 0.5) is 0 Å². The zero-order valence-electron chi connectivity index (χ0n) is 32.3. The Labute approximate surface area is 298 Å². The van der Waals surface area contributed by atoms with E-state index in [0.717, 1.165) is 57.8 Å². The number of carbonyl (C=O) groups excluding carboxylic acids is 3. The Hall–Kier alpha value is -1.59. The number of rotatable bonds is 38. The second-order valence-corrected chi connectivity index (χ2v) is 14.3. The molecule has 0 N–H and O–H groups in total. The van der Waals surface area contributed by atoms with Gasteiger partial charge in [-0.25, -0.2) is 0 Å². The first-order chi connectivity index (χ1) is 23.5. The molecule has 6 heteroatoms. The van der Waals surface area contributed by atoms with Crippen molar-refractivity contribution in [2.75, 3.05) is 13.2 Å². The van der Waals surface area contributed by atoms with Gasteiger partial charge >= 0.3 is 17.9 Å². The molecule has 0 heterocycles. The normalized spacial score (nSPS) is 11.8. The second kappa shape index (κ2) is 38.2. The molecule has 0 fully saturated rings. The molecule has 1 unspecified atom stereocenters. The third-order valence-corrected chi connectivity index (χ3v) is 9.36. The van der Waals surface area contributed by atoms with Crippen LogP contribution < -0.4 is 0 Å². The maximum Gasteiger partial charge on any atom is 0.306 e. The summed E-state index contributed by atoms with van der Waals surface area (Å²) in [5.41, 5.74) is 0. The maximum absolute atomic E-state index is 12.6. The van der Waals surface area contributed by atoms with E-state index < -0.39 is 6.10 Å². The van der Waals surface area contributed by atoms with Crippen molar-refractivity contribution in [2.24, 2.45) is 0 Å². The summed E-state index contributed by atoms with van der Waals surface area (Å²) in [6, 6.07) is 0. The molecule has 0 aromatic rings. The van der Waals surface area contributed by atoms with Gasteiger partial charge in [-0.05, 0) is 19.3 Å². The van der Waals surface area contributed by atoms with Gasteiger partial charge in [0.15, 0.2) is 6.10 Å². The van der Waals surface area contributed by atoms with Crippen LogP contribution in [0.2, 0.25) is 0 Å². The van der Waals surface area contributed by atoms with Gasteiger partial charge in [0.1, 0.15) is 13.2 Å². The molecule has 0 aliphatic heterocycles. The molecule has 1 atom stereocenters. The van der Waals surface area contributed by atoms with Crippen LogP contribution in [0.3, 0.4) is 0 Å². The lowest BCUT2D eigenvalue weighted by Gasteiger charge is -2.18. The number of carbonyl (C=O) groups is 3. The van der Waals surface area contributed by atoms with Crippen molar-refractivity contribution >= 4 is 17.9 Å². The predicted octanol–water partition coefficient (Wildman–Crippen LogP) is 12.9. The zero-order valence-corrected chi connectivity index (χ0v) is 32.3. The summed E-state index contributed by atoms with van der Waals surface area (Å²) in [5, 5.41) is 0. The highest BCUT2D eigenvalue weighted by Gasteiger charge is 2.19. The smallest absolute Gasteiger partial charge is 0.306 e. The molecule has 0 bridgehead atoms. The standard InChI is InChI=1S/C42H80O6/c1-4-7-10-13-16-19-20-21-24-26-29-32-35-41(44)47-38-39(48-42(45)36-33-30-27-23-18-15-12-9-6-3)37-46-40(43)34-31-28-25-22-17-14-11-8-5-2/h39H,4-38H2,1-3H3. The van der Waals surface area contributed by atoms with Gasteiger partial charge < -0.3 is 14.2 Å². The summed E-state index contributed by atoms with van der Waals surface area (Å²) >= 11 is 0. The lowest BCUT2D eigenvalue weighted by atomic mass is 10.0. The Balaban J connectivity index is 4.31. The number of ether oxygens (including phenoxy) is 3. The molecule has 284 valence electrons. The molecule has 6 nitrogen and oxygen atoms in total. The summed E-state index contributed by atoms with van der Waals surface area (Å²) in [4.78, 5) is 37.4. The maximum atomic E-state index is 12.6. The van der Waals surface area contributed by atoms with Gasteiger partial charge in [-0.2, -0.15) is 0 Å². The average molecular weight is 681 g/mol. The number of hydrogen-bond donors (Lipinski definition) is 0. The van der Waals surface area contributed by atoms with Crippen molar-refractivity contribution in [2.45, 2.75) is 239 Å². The highest BCUT2D eigenvalue weighted by molar-refractivity contribution is 5.71. The van der Waals surface area contributed by atoms with Crippen molar-refractivity contribution in [1.29, 1.82) is 0 Å². The Kier molecular flexibility index (Phi) is 36.9. The number of unbranched alkanes of at least 4 members (excludes halogenated alkanes) is 27. The van der Waals surface area contributed by atoms with Crippen LogP contribution in [0.1, 0.15) is 233 Å². The van der Waals surface area contributed by atoms with Crippen LogP contribution in [-0.2, 0) is 28.6 Å². The van der Waals surface area contributed by atoms with Crippen molar-refractivity contribution < 1.29 is 28.6 Å². The average Bonchev–Trinajstić information content (AvgIpc) is 3.08. The summed E-state index contributed by atoms with van der Waals surface area (Å²) in [6.07, 6.45) is 36.5. The van der Waals surface area contributed by atoms with Crippen LogP contribution >= 0.6 is 0 Å². The minimum absolute atomic E-state index is 0.0636. The van der Waals surface area contributed by atoms with E-state index in [2.05, 4.69) is 20.8 Å². The monoisotopic (exact) mass is 681 g/mol. The Morgan fingerprint density at radius 1 is 0.333 bits per heavy atom. The van der Waals surface area contributed by atoms with Crippen LogP contribution in [0.5, 0.6) is 0 Å². The molecule has 0 aromatic heterocycles. The Morgan fingerprint density at radius 2 is 0.562 bits per heavy atom. The van der Waals surface area contributed by atoms with E-state index in [1.807, 2.05) is 0 Å². The fraction of sp³-hybridized carbons (Fsp3) is 0.929. The van der Waals surface area contributed by atoms with E-state index >= 15 is 0 Å². The van der Waals surface area contributed by atoms with E-state index in [4.69, 9.17) is 14.2 Å². The first-order valence-electron chi connectivity index (χ1n) is 21.0. The molecule has 0 spiro atoms. The fourth-order valence-electron chi connectivity index (χ4n) is 6.15. The second-order valence-electron chi connectivity index (χ2n) is 14.3. The number of hydrogen-bond acceptors (Lipinski definition) is 6. The highest BCUT2D eigenvalue weighted by atomic mass is 16.6. The van der Waals surface area contributed by atoms with E-state index in [9.17, 15) is 14.4 Å². The van der Waals surface area contributed by atoms with Crippen LogP contribution in [0.15, 0.2) is 0 Å². The van der Waals surface area contributed by atoms with Gasteiger partial charge in [0.2, 0.25) is 0 Å². The van der Waals surface area contributed by atoms with E-state index in [1.54, 1.807) is 0 Å². The van der Waals surface area contributed by atoms with Gasteiger partial charge in [-0.3, -0.25) is 14.4 Å². The van der Waals surface area contributed by atoms with Gasteiger partial charge in [-0.15, -0.1) is 0 Å². The zero-order chi connectivity index (χ0) is 35.2. The molecule has 0 aliphatic rings. The van der Waals surface area contributed by atoms with Gasteiger partial charge in [0, 0.05) is 19.3 Å². The molecular formula is C42H80O6. The highest BCUT2D eigenvalue weighted by Crippen LogP contribution is 2.15. The third-order valence-electron chi connectivity index (χ3n) is 9.36. The molecule has 0 amide bonds. The summed E-state index contributed by atoms with van der Waals surface area (Å²) < 4.78 is 16.6. The summed E-state index contributed by atoms with van der Waals surface area (Å²) in [5.74, 6) is -0.862. The summed E-state index contributed by atoms with van der Waals surface area (Å²) in [6.45, 7) is 6.60. The topological polar surface area (TPSA) is 78.9 Å². The predicted molar refractivity (Wildman–Crippen MR) is 201 cm³/mol. The molecule has 0 aromatic carbocycles. The van der Waals surface area contributed by atoms with Crippen LogP contribution in [0, 0.1) is 0 Å². The fourth-order valence-corrected chi connectivity index (χ4v) is 6.15. The number of esters is 3. The SMILES string of the molecule is CCCCCCCCCCCCCCC(=O)OCC(COC(=O)CCCCCCCCCCC)OC(=O)CCCCCCCCCCC. The van der Waals surface area contributed by atoms with E-state index in [0.29, 0.717) is 19.3 Å². The van der Waals surface area contributed by atoms with Crippen molar-refractivity contribution in [3.63, 3.8) is 0 Å². The lowest BCUT2D eigenvalue weighted by molar-refractivity contribution is -0.167. The van der Waals surface area contributed by atoms with Crippen molar-refractivity contribution in [3.8, 4) is 0 Å².